The van der Waals surface area contributed by atoms with Gasteiger partial charge in [0.2, 0.25) is 5.91 Å². The molecule has 3 aromatic heterocycles. The zero-order chi connectivity index (χ0) is 24.9. The fraction of sp³-hybridized carbons (Fsp3) is 0.200. The third-order valence-electron chi connectivity index (χ3n) is 6.19. The summed E-state index contributed by atoms with van der Waals surface area (Å²) < 4.78 is 16.7. The lowest BCUT2D eigenvalue weighted by molar-refractivity contribution is -0.130. The summed E-state index contributed by atoms with van der Waals surface area (Å²) >= 11 is 0. The average molecular weight is 473 g/mol. The minimum atomic E-state index is -0.454. The molecule has 178 valence electrons. The van der Waals surface area contributed by atoms with E-state index in [-0.39, 0.29) is 18.3 Å². The fourth-order valence-electron chi connectivity index (χ4n) is 4.27. The van der Waals surface area contributed by atoms with Gasteiger partial charge in [0.15, 0.2) is 5.82 Å². The van der Waals surface area contributed by atoms with E-state index in [0.29, 0.717) is 51.6 Å². The van der Waals surface area contributed by atoms with Crippen LogP contribution in [0.15, 0.2) is 43.1 Å². The van der Waals surface area contributed by atoms with Crippen molar-refractivity contribution in [1.82, 2.24) is 24.6 Å². The molecule has 4 aromatic rings. The smallest absolute Gasteiger partial charge is 0.244 e. The molecule has 0 unspecified atom stereocenters. The minimum absolute atomic E-state index is 0.0177. The van der Waals surface area contributed by atoms with E-state index in [0.717, 1.165) is 17.5 Å². The highest BCUT2D eigenvalue weighted by Crippen LogP contribution is 2.32. The number of nitrogens with two attached hydrogens (primary N) is 2. The van der Waals surface area contributed by atoms with E-state index in [1.165, 1.54) is 6.07 Å². The van der Waals surface area contributed by atoms with E-state index in [1.54, 1.807) is 41.9 Å². The van der Waals surface area contributed by atoms with E-state index in [9.17, 15) is 4.79 Å². The minimum Gasteiger partial charge on any atom is -0.399 e. The molecule has 4 heterocycles. The summed E-state index contributed by atoms with van der Waals surface area (Å²) in [5.74, 6) is 0.941. The maximum Gasteiger partial charge on any atom is 0.244 e. The Hall–Kier alpha value is -4.47. The highest BCUT2D eigenvalue weighted by Gasteiger charge is 2.20. The second-order valence-electron chi connectivity index (χ2n) is 8.73. The number of nitrogens with zero attached hydrogens (tertiary/aromatic N) is 5. The van der Waals surface area contributed by atoms with Gasteiger partial charge < -0.3 is 21.7 Å². The Kier molecular flexibility index (Phi) is 5.35. The number of hydrogen-bond acceptors (Lipinski definition) is 7. The molecular weight excluding hydrogens is 447 g/mol. The number of pyridine rings is 2. The molecule has 1 aliphatic rings. The quantitative estimate of drug-likeness (QED) is 0.416. The predicted molar refractivity (Wildman–Crippen MR) is 134 cm³/mol. The number of halogens is 1. The molecule has 0 radical (unpaired) electrons. The van der Waals surface area contributed by atoms with E-state index in [2.05, 4.69) is 27.0 Å². The number of nitrogen functional groups attached to an aromatic ring is 1. The Bertz CT molecular complexity index is 1490. The van der Waals surface area contributed by atoms with Crippen molar-refractivity contribution >= 4 is 39.8 Å². The topological polar surface area (TPSA) is 128 Å². The molecule has 0 fully saturated rings. The number of aromatic nitrogens is 4. The van der Waals surface area contributed by atoms with Crippen LogP contribution in [-0.4, -0.2) is 44.1 Å². The number of benzene rings is 1. The fourth-order valence-corrected chi connectivity index (χ4v) is 4.27. The number of anilines is 3. The molecule has 9 nitrogen and oxygen atoms in total. The van der Waals surface area contributed by atoms with Gasteiger partial charge in [-0.2, -0.15) is 5.10 Å². The molecule has 35 heavy (non-hydrogen) atoms. The number of fused-ring (bicyclic) bond motifs is 2. The van der Waals surface area contributed by atoms with Crippen molar-refractivity contribution in [2.75, 3.05) is 24.6 Å². The van der Waals surface area contributed by atoms with Gasteiger partial charge >= 0.3 is 0 Å². The highest BCUT2D eigenvalue weighted by molar-refractivity contribution is 5.95. The maximum absolute atomic E-state index is 15.0. The molecular formula is C25H25FN8O. The Labute approximate surface area is 201 Å². The predicted octanol–water partition coefficient (Wildman–Crippen LogP) is 3.21. The number of nitrogens with one attached hydrogen (secondary N) is 1. The van der Waals surface area contributed by atoms with Gasteiger partial charge in [-0.05, 0) is 47.7 Å². The van der Waals surface area contributed by atoms with Crippen LogP contribution in [0.2, 0.25) is 0 Å². The molecule has 5 rings (SSSR count). The summed E-state index contributed by atoms with van der Waals surface area (Å²) in [6.07, 6.45) is 2.34. The molecule has 0 spiro atoms. The van der Waals surface area contributed by atoms with Crippen LogP contribution in [0.3, 0.4) is 0 Å². The van der Waals surface area contributed by atoms with Gasteiger partial charge in [0.25, 0.3) is 0 Å². The monoisotopic (exact) mass is 472 g/mol. The van der Waals surface area contributed by atoms with E-state index >= 15 is 4.39 Å². The van der Waals surface area contributed by atoms with E-state index < -0.39 is 5.82 Å². The zero-order valence-corrected chi connectivity index (χ0v) is 19.5. The standard InChI is InChI=1S/C25H25FN8O/c1-13-6-15(14(2)27)7-19(26)24(13)20-8-16-9-21(29-11-18(16)25(28)30-20)31-22-10-17-4-5-33(3)23(35)12-34(17)32-22/h6-11H,2,4-5,12,27H2,1,3H3,(H2,28,30)(H,29,31,32). The molecule has 1 amide bonds. The molecule has 0 aliphatic carbocycles. The van der Waals surface area contributed by atoms with Gasteiger partial charge in [0.1, 0.15) is 24.0 Å². The molecule has 1 aliphatic heterocycles. The number of carbonyl (C=O) groups excluding carboxylic acids is 1. The third kappa shape index (κ3) is 4.14. The molecule has 5 N–H and O–H groups in total. The molecule has 0 saturated heterocycles. The Morgan fingerprint density at radius 3 is 2.74 bits per heavy atom. The first-order valence-corrected chi connectivity index (χ1v) is 11.1. The van der Waals surface area contributed by atoms with Crippen LogP contribution in [0.4, 0.5) is 21.8 Å². The number of carbonyl (C=O) groups is 1. The Balaban J connectivity index is 1.50. The van der Waals surface area contributed by atoms with Crippen molar-refractivity contribution in [3.05, 3.63) is 65.7 Å². The normalized spacial score (nSPS) is 13.6. The summed E-state index contributed by atoms with van der Waals surface area (Å²) in [4.78, 5) is 22.7. The van der Waals surface area contributed by atoms with E-state index in [1.807, 2.05) is 12.1 Å². The lowest BCUT2D eigenvalue weighted by Crippen LogP contribution is -2.29. The van der Waals surface area contributed by atoms with Crippen LogP contribution < -0.4 is 16.8 Å². The summed E-state index contributed by atoms with van der Waals surface area (Å²) in [6, 6.07) is 8.61. The Morgan fingerprint density at radius 2 is 2.00 bits per heavy atom. The molecule has 0 saturated carbocycles. The summed E-state index contributed by atoms with van der Waals surface area (Å²) in [5, 5.41) is 9.10. The molecule has 10 heteroatoms. The SMILES string of the molecule is C=C(N)c1cc(C)c(-c2cc3cc(Nc4cc5n(n4)CC(=O)N(C)CC5)ncc3c(N)n2)c(F)c1. The first kappa shape index (κ1) is 22.3. The number of hydrogen-bond donors (Lipinski definition) is 3. The van der Waals surface area contributed by atoms with Gasteiger partial charge in [-0.1, -0.05) is 6.58 Å². The van der Waals surface area contributed by atoms with Crippen molar-refractivity contribution < 1.29 is 9.18 Å². The van der Waals surface area contributed by atoms with Crippen molar-refractivity contribution in [2.24, 2.45) is 5.73 Å². The number of likely N-dealkylation sites (N-methyl/N-ethyl adjacent to an activating group) is 1. The molecule has 0 bridgehead atoms. The average Bonchev–Trinajstić information content (AvgIpc) is 3.11. The van der Waals surface area contributed by atoms with Crippen LogP contribution >= 0.6 is 0 Å². The number of aryl methyl sites for hydroxylation is 1. The highest BCUT2D eigenvalue weighted by atomic mass is 19.1. The summed E-state index contributed by atoms with van der Waals surface area (Å²) in [7, 11) is 1.79. The van der Waals surface area contributed by atoms with Crippen LogP contribution in [0.5, 0.6) is 0 Å². The summed E-state index contributed by atoms with van der Waals surface area (Å²) in [5.41, 5.74) is 15.2. The number of amides is 1. The second kappa shape index (κ2) is 8.39. The first-order chi connectivity index (χ1) is 16.7. The van der Waals surface area contributed by atoms with Gasteiger partial charge in [0, 0.05) is 54.6 Å². The Morgan fingerprint density at radius 1 is 1.20 bits per heavy atom. The van der Waals surface area contributed by atoms with Crippen molar-refractivity contribution in [1.29, 1.82) is 0 Å². The van der Waals surface area contributed by atoms with Crippen LogP contribution in [0.25, 0.3) is 27.7 Å². The summed E-state index contributed by atoms with van der Waals surface area (Å²) in [6.45, 7) is 6.31. The first-order valence-electron chi connectivity index (χ1n) is 11.1. The van der Waals surface area contributed by atoms with Gasteiger partial charge in [-0.15, -0.1) is 0 Å². The van der Waals surface area contributed by atoms with Crippen molar-refractivity contribution in [2.45, 2.75) is 19.9 Å². The molecule has 1 aromatic carbocycles. The van der Waals surface area contributed by atoms with Crippen LogP contribution in [-0.2, 0) is 17.8 Å². The third-order valence-corrected chi connectivity index (χ3v) is 6.19. The maximum atomic E-state index is 15.0. The number of rotatable bonds is 4. The van der Waals surface area contributed by atoms with Gasteiger partial charge in [-0.25, -0.2) is 14.4 Å². The van der Waals surface area contributed by atoms with Crippen molar-refractivity contribution in [3.8, 4) is 11.3 Å². The van der Waals surface area contributed by atoms with E-state index in [4.69, 9.17) is 11.5 Å². The zero-order valence-electron chi connectivity index (χ0n) is 19.5. The second-order valence-corrected chi connectivity index (χ2v) is 8.73. The lowest BCUT2D eigenvalue weighted by Gasteiger charge is -2.13. The van der Waals surface area contributed by atoms with Crippen molar-refractivity contribution in [3.63, 3.8) is 0 Å². The van der Waals surface area contributed by atoms with Gasteiger partial charge in [-0.3, -0.25) is 9.48 Å². The molecule has 0 atom stereocenters. The van der Waals surface area contributed by atoms with Gasteiger partial charge in [0.05, 0.1) is 5.69 Å². The van der Waals surface area contributed by atoms with Crippen LogP contribution in [0, 0.1) is 12.7 Å². The lowest BCUT2D eigenvalue weighted by atomic mass is 9.99. The largest absolute Gasteiger partial charge is 0.399 e. The van der Waals surface area contributed by atoms with Crippen LogP contribution in [0.1, 0.15) is 16.8 Å².